The van der Waals surface area contributed by atoms with Gasteiger partial charge >= 0.3 is 6.18 Å². The number of ketones is 1. The van der Waals surface area contributed by atoms with Crippen molar-refractivity contribution in [3.63, 3.8) is 0 Å². The largest absolute Gasteiger partial charge is 0.416 e. The number of thiazole rings is 1. The first kappa shape index (κ1) is 27.4. The number of aromatic nitrogens is 1. The molecule has 0 bridgehead atoms. The molecular weight excluding hydrogens is 541 g/mol. The first-order valence-corrected chi connectivity index (χ1v) is 13.8. The van der Waals surface area contributed by atoms with Crippen molar-refractivity contribution < 1.29 is 36.3 Å². The van der Waals surface area contributed by atoms with E-state index in [1.807, 2.05) is 0 Å². The Bertz CT molecular complexity index is 1600. The third-order valence-electron chi connectivity index (χ3n) is 5.83. The number of carbonyl (C=O) groups is 2. The molecule has 198 valence electrons. The summed E-state index contributed by atoms with van der Waals surface area (Å²) < 4.78 is 62.9. The molecule has 12 heteroatoms. The lowest BCUT2D eigenvalue weighted by Crippen LogP contribution is -2.30. The summed E-state index contributed by atoms with van der Waals surface area (Å²) in [5, 5.41) is 12.6. The van der Waals surface area contributed by atoms with Crippen molar-refractivity contribution in [3.8, 4) is 0 Å². The number of nitrogens with one attached hydrogen (secondary N) is 1. The van der Waals surface area contributed by atoms with Gasteiger partial charge in [-0.3, -0.25) is 9.59 Å². The number of nitrogens with zero attached hydrogens (tertiary/aromatic N) is 1. The fourth-order valence-electron chi connectivity index (χ4n) is 3.65. The lowest BCUT2D eigenvalue weighted by atomic mass is 10.1. The number of alkyl halides is 3. The maximum Gasteiger partial charge on any atom is 0.416 e. The van der Waals surface area contributed by atoms with E-state index in [2.05, 4.69) is 10.3 Å². The van der Waals surface area contributed by atoms with Crippen LogP contribution in [0.4, 0.5) is 13.2 Å². The highest BCUT2D eigenvalue weighted by Crippen LogP contribution is 2.30. The summed E-state index contributed by atoms with van der Waals surface area (Å²) in [4.78, 5) is 30.0. The molecule has 1 heterocycles. The molecule has 38 heavy (non-hydrogen) atoms. The molecule has 0 aliphatic rings. The second-order valence-electron chi connectivity index (χ2n) is 8.29. The normalized spacial score (nSPS) is 12.9. The molecule has 0 saturated heterocycles. The lowest BCUT2D eigenvalue weighted by molar-refractivity contribution is -0.137. The van der Waals surface area contributed by atoms with E-state index in [-0.39, 0.29) is 26.8 Å². The number of amides is 1. The van der Waals surface area contributed by atoms with Gasteiger partial charge in [-0.2, -0.15) is 13.2 Å². The highest BCUT2D eigenvalue weighted by Gasteiger charge is 2.30. The van der Waals surface area contributed by atoms with Crippen LogP contribution in [-0.2, 0) is 16.0 Å². The predicted molar refractivity (Wildman–Crippen MR) is 136 cm³/mol. The number of rotatable bonds is 8. The number of hydrogen-bond donors (Lipinski definition) is 2. The van der Waals surface area contributed by atoms with Crippen molar-refractivity contribution in [2.45, 2.75) is 24.0 Å². The van der Waals surface area contributed by atoms with Gasteiger partial charge in [0.2, 0.25) is 5.78 Å². The highest BCUT2D eigenvalue weighted by atomic mass is 32.2. The third-order valence-corrected chi connectivity index (χ3v) is 8.60. The summed E-state index contributed by atoms with van der Waals surface area (Å²) in [6.45, 7) is 1.10. The summed E-state index contributed by atoms with van der Waals surface area (Å²) in [6.07, 6.45) is -4.51. The van der Waals surface area contributed by atoms with E-state index in [0.717, 1.165) is 35.6 Å². The average Bonchev–Trinajstić information content (AvgIpc) is 3.34. The first-order chi connectivity index (χ1) is 17.9. The smallest absolute Gasteiger partial charge is 0.394 e. The number of carbonyl (C=O) groups excluding carboxylic acids is 2. The zero-order valence-electron chi connectivity index (χ0n) is 19.8. The van der Waals surface area contributed by atoms with Gasteiger partial charge in [0.15, 0.2) is 14.8 Å². The van der Waals surface area contributed by atoms with Crippen molar-refractivity contribution in [3.05, 3.63) is 94.0 Å². The molecule has 2 N–H and O–H groups in total. The zero-order valence-corrected chi connectivity index (χ0v) is 21.5. The van der Waals surface area contributed by atoms with Crippen molar-refractivity contribution in [2.75, 3.05) is 12.4 Å². The summed E-state index contributed by atoms with van der Waals surface area (Å²) >= 11 is 0.999. The van der Waals surface area contributed by atoms with Crippen LogP contribution in [0.3, 0.4) is 0 Å². The molecule has 0 aliphatic carbocycles. The van der Waals surface area contributed by atoms with Crippen molar-refractivity contribution in [1.29, 1.82) is 0 Å². The Labute approximate surface area is 219 Å². The summed E-state index contributed by atoms with van der Waals surface area (Å²) in [6, 6.07) is 13.5. The molecule has 0 aliphatic heterocycles. The number of hydrogen-bond acceptors (Lipinski definition) is 7. The molecule has 0 saturated carbocycles. The molecule has 4 aromatic rings. The maximum atomic E-state index is 12.9. The van der Waals surface area contributed by atoms with Gasteiger partial charge in [-0.25, -0.2) is 13.4 Å². The Hall–Kier alpha value is -3.61. The van der Waals surface area contributed by atoms with E-state index in [1.54, 1.807) is 6.07 Å². The van der Waals surface area contributed by atoms with E-state index in [4.69, 9.17) is 0 Å². The number of sulfone groups is 1. The van der Waals surface area contributed by atoms with E-state index >= 15 is 0 Å². The third kappa shape index (κ3) is 5.77. The minimum atomic E-state index is -4.51. The molecule has 3 aromatic carbocycles. The van der Waals surface area contributed by atoms with Crippen LogP contribution in [0.25, 0.3) is 10.2 Å². The second kappa shape index (κ2) is 10.6. The second-order valence-corrected chi connectivity index (χ2v) is 11.6. The fourth-order valence-corrected chi connectivity index (χ4v) is 5.50. The van der Waals surface area contributed by atoms with Crippen LogP contribution >= 0.6 is 11.3 Å². The molecule has 1 aromatic heterocycles. The van der Waals surface area contributed by atoms with Gasteiger partial charge < -0.3 is 10.4 Å². The molecule has 7 nitrogen and oxygen atoms in total. The van der Waals surface area contributed by atoms with Gasteiger partial charge in [-0.1, -0.05) is 31.2 Å². The van der Waals surface area contributed by atoms with Gasteiger partial charge in [0.1, 0.15) is 0 Å². The molecular formula is C26H21F3N2O5S2. The van der Waals surface area contributed by atoms with E-state index < -0.39 is 45.9 Å². The Kier molecular flexibility index (Phi) is 7.68. The van der Waals surface area contributed by atoms with Crippen LogP contribution in [0.2, 0.25) is 0 Å². The van der Waals surface area contributed by atoms with E-state index in [9.17, 15) is 36.3 Å². The Morgan fingerprint density at radius 1 is 1.00 bits per heavy atom. The van der Waals surface area contributed by atoms with Crippen molar-refractivity contribution >= 4 is 43.1 Å². The highest BCUT2D eigenvalue weighted by molar-refractivity contribution is 7.91. The molecule has 0 radical (unpaired) electrons. The van der Waals surface area contributed by atoms with Crippen LogP contribution in [0.1, 0.15) is 49.8 Å². The van der Waals surface area contributed by atoms with E-state index in [1.165, 1.54) is 43.3 Å². The van der Waals surface area contributed by atoms with Gasteiger partial charge in [0.25, 0.3) is 5.91 Å². The Morgan fingerprint density at radius 2 is 1.63 bits per heavy atom. The molecule has 1 atom stereocenters. The number of fused-ring (bicyclic) bond motifs is 1. The number of halogens is 3. The summed E-state index contributed by atoms with van der Waals surface area (Å²) in [7, 11) is -3.39. The maximum absolute atomic E-state index is 12.9. The quantitative estimate of drug-likeness (QED) is 0.298. The topological polar surface area (TPSA) is 113 Å². The van der Waals surface area contributed by atoms with Crippen molar-refractivity contribution in [1.82, 2.24) is 10.3 Å². The number of aliphatic hydroxyl groups excluding tert-OH is 1. The molecule has 0 fully saturated rings. The van der Waals surface area contributed by atoms with Gasteiger partial charge in [-0.05, 0) is 48.0 Å². The molecule has 4 rings (SSSR count). The van der Waals surface area contributed by atoms with Crippen LogP contribution in [-0.4, -0.2) is 42.6 Å². The first-order valence-electron chi connectivity index (χ1n) is 11.3. The van der Waals surface area contributed by atoms with Crippen LogP contribution in [0, 0.1) is 0 Å². The molecule has 0 unspecified atom stereocenters. The molecule has 0 spiro atoms. The number of aliphatic hydroxyl groups is 1. The SMILES string of the molecule is CCS(=O)(=O)c1ccc([C@H](CO)NC(=O)c2ccc3nc(C(=O)c4ccc(C(F)(F)F)cc4)sc3c2)cc1. The average molecular weight is 563 g/mol. The Balaban J connectivity index is 1.52. The minimum Gasteiger partial charge on any atom is -0.394 e. The predicted octanol–water partition coefficient (Wildman–Crippen LogP) is 4.80. The summed E-state index contributed by atoms with van der Waals surface area (Å²) in [5.41, 5.74) is 0.376. The van der Waals surface area contributed by atoms with E-state index in [0.29, 0.717) is 15.8 Å². The minimum absolute atomic E-state index is 0.0514. The van der Waals surface area contributed by atoms with Crippen molar-refractivity contribution in [2.24, 2.45) is 0 Å². The van der Waals surface area contributed by atoms with Crippen LogP contribution in [0.5, 0.6) is 0 Å². The van der Waals surface area contributed by atoms with Crippen LogP contribution < -0.4 is 5.32 Å². The lowest BCUT2D eigenvalue weighted by Gasteiger charge is -2.17. The van der Waals surface area contributed by atoms with Gasteiger partial charge in [-0.15, -0.1) is 11.3 Å². The van der Waals surface area contributed by atoms with Gasteiger partial charge in [0, 0.05) is 11.1 Å². The van der Waals surface area contributed by atoms with Crippen LogP contribution in [0.15, 0.2) is 71.6 Å². The zero-order chi connectivity index (χ0) is 27.7. The standard InChI is InChI=1S/C26H21F3N2O5S2/c1-2-38(35,36)19-10-5-15(6-11-19)21(14-32)30-24(34)17-7-12-20-22(13-17)37-25(31-20)23(33)16-3-8-18(9-4-16)26(27,28)29/h3-13,21,32H,2,14H2,1H3,(H,30,34)/t21-/m0/s1. The molecule has 1 amide bonds. The summed E-state index contributed by atoms with van der Waals surface area (Å²) in [5.74, 6) is -1.11. The monoisotopic (exact) mass is 562 g/mol. The number of benzene rings is 3. The fraction of sp³-hybridized carbons (Fsp3) is 0.192. The Morgan fingerprint density at radius 3 is 2.21 bits per heavy atom. The van der Waals surface area contributed by atoms with Gasteiger partial charge in [0.05, 0.1) is 39.1 Å².